The molecule has 0 aromatic heterocycles. The molecule has 0 saturated heterocycles. The molecule has 0 saturated carbocycles. The Labute approximate surface area is 183 Å². The molecule has 8 nitrogen and oxygen atoms in total. The Morgan fingerprint density at radius 3 is 1.31 bits per heavy atom. The summed E-state index contributed by atoms with van der Waals surface area (Å²) in [4.78, 5) is 12.2. The molecular formula is C24H18N4O4. The molecule has 0 spiro atoms. The summed E-state index contributed by atoms with van der Waals surface area (Å²) in [6.45, 7) is 0. The standard InChI is InChI=1S/C24H18N4O4/c29-23-13-9-20(10-14-23)27(21-11-15-24(30)16-12-21)19-5-1-17(2-6-19)25-26-18-3-7-22(8-4-18)28(31)32/h1-16,29-30H. The van der Waals surface area contributed by atoms with Crippen molar-refractivity contribution in [1.82, 2.24) is 0 Å². The number of hydrogen-bond donors (Lipinski definition) is 2. The molecule has 0 aliphatic carbocycles. The average molecular weight is 426 g/mol. The zero-order valence-electron chi connectivity index (χ0n) is 16.7. The first-order chi connectivity index (χ1) is 15.5. The van der Waals surface area contributed by atoms with Crippen LogP contribution in [0.3, 0.4) is 0 Å². The van der Waals surface area contributed by atoms with Gasteiger partial charge in [-0.2, -0.15) is 10.2 Å². The van der Waals surface area contributed by atoms with Crippen molar-refractivity contribution in [2.75, 3.05) is 4.90 Å². The Hall–Kier alpha value is -4.72. The zero-order valence-corrected chi connectivity index (χ0v) is 16.7. The van der Waals surface area contributed by atoms with Gasteiger partial charge in [0.25, 0.3) is 5.69 Å². The molecule has 158 valence electrons. The molecule has 32 heavy (non-hydrogen) atoms. The fraction of sp³-hybridized carbons (Fsp3) is 0. The molecule has 0 unspecified atom stereocenters. The lowest BCUT2D eigenvalue weighted by atomic mass is 10.2. The van der Waals surface area contributed by atoms with Gasteiger partial charge < -0.3 is 15.1 Å². The summed E-state index contributed by atoms with van der Waals surface area (Å²) in [6.07, 6.45) is 0. The van der Waals surface area contributed by atoms with Crippen molar-refractivity contribution < 1.29 is 15.1 Å². The first-order valence-electron chi connectivity index (χ1n) is 9.64. The molecule has 2 N–H and O–H groups in total. The molecule has 4 aromatic rings. The summed E-state index contributed by atoms with van der Waals surface area (Å²) in [5, 5.41) is 38.3. The van der Waals surface area contributed by atoms with Crippen LogP contribution in [0.4, 0.5) is 34.1 Å². The summed E-state index contributed by atoms with van der Waals surface area (Å²) < 4.78 is 0. The number of azo groups is 1. The Bertz CT molecular complexity index is 1190. The highest BCUT2D eigenvalue weighted by atomic mass is 16.6. The van der Waals surface area contributed by atoms with Crippen molar-refractivity contribution in [3.63, 3.8) is 0 Å². The summed E-state index contributed by atoms with van der Waals surface area (Å²) in [7, 11) is 0. The molecule has 4 rings (SSSR count). The fourth-order valence-corrected chi connectivity index (χ4v) is 3.08. The van der Waals surface area contributed by atoms with Crippen LogP contribution >= 0.6 is 0 Å². The third kappa shape index (κ3) is 4.71. The van der Waals surface area contributed by atoms with E-state index < -0.39 is 4.92 Å². The largest absolute Gasteiger partial charge is 0.508 e. The minimum absolute atomic E-state index is 0.00291. The van der Waals surface area contributed by atoms with E-state index in [9.17, 15) is 20.3 Å². The molecule has 0 amide bonds. The Morgan fingerprint density at radius 1 is 0.594 bits per heavy atom. The smallest absolute Gasteiger partial charge is 0.269 e. The summed E-state index contributed by atoms with van der Waals surface area (Å²) in [5.74, 6) is 0.336. The minimum Gasteiger partial charge on any atom is -0.508 e. The van der Waals surface area contributed by atoms with Gasteiger partial charge in [-0.25, -0.2) is 0 Å². The van der Waals surface area contributed by atoms with Crippen LogP contribution in [0, 0.1) is 10.1 Å². The van der Waals surface area contributed by atoms with Crippen LogP contribution in [0.2, 0.25) is 0 Å². The second-order valence-electron chi connectivity index (χ2n) is 6.86. The fourth-order valence-electron chi connectivity index (χ4n) is 3.08. The van der Waals surface area contributed by atoms with Crippen molar-refractivity contribution >= 4 is 34.1 Å². The number of phenols is 2. The first-order valence-corrected chi connectivity index (χ1v) is 9.64. The van der Waals surface area contributed by atoms with E-state index >= 15 is 0 Å². The van der Waals surface area contributed by atoms with Gasteiger partial charge in [-0.3, -0.25) is 10.1 Å². The number of hydrogen-bond acceptors (Lipinski definition) is 7. The van der Waals surface area contributed by atoms with E-state index in [1.54, 1.807) is 60.7 Å². The predicted molar refractivity (Wildman–Crippen MR) is 122 cm³/mol. The maximum Gasteiger partial charge on any atom is 0.269 e. The van der Waals surface area contributed by atoms with Crippen molar-refractivity contribution in [1.29, 1.82) is 0 Å². The van der Waals surface area contributed by atoms with Gasteiger partial charge >= 0.3 is 0 Å². The van der Waals surface area contributed by atoms with Crippen LogP contribution in [0.15, 0.2) is 107 Å². The third-order valence-electron chi connectivity index (χ3n) is 4.67. The van der Waals surface area contributed by atoms with E-state index in [2.05, 4.69) is 10.2 Å². The predicted octanol–water partition coefficient (Wildman–Crippen LogP) is 6.89. The molecule has 0 aliphatic rings. The monoisotopic (exact) mass is 426 g/mol. The number of nitrogens with zero attached hydrogens (tertiary/aromatic N) is 4. The summed E-state index contributed by atoms with van der Waals surface area (Å²) in [5.41, 5.74) is 3.62. The van der Waals surface area contributed by atoms with Gasteiger partial charge in [-0.05, 0) is 84.9 Å². The molecule has 0 fully saturated rings. The lowest BCUT2D eigenvalue weighted by molar-refractivity contribution is -0.384. The minimum atomic E-state index is -0.465. The third-order valence-corrected chi connectivity index (χ3v) is 4.67. The highest BCUT2D eigenvalue weighted by Crippen LogP contribution is 2.36. The molecular weight excluding hydrogens is 408 g/mol. The van der Waals surface area contributed by atoms with E-state index in [0.29, 0.717) is 11.4 Å². The first kappa shape index (κ1) is 20.5. The van der Waals surface area contributed by atoms with Gasteiger partial charge in [0.1, 0.15) is 11.5 Å². The van der Waals surface area contributed by atoms with Crippen LogP contribution < -0.4 is 4.90 Å². The number of rotatable bonds is 6. The Kier molecular flexibility index (Phi) is 5.76. The average Bonchev–Trinajstić information content (AvgIpc) is 2.81. The Morgan fingerprint density at radius 2 is 0.938 bits per heavy atom. The van der Waals surface area contributed by atoms with Gasteiger partial charge in [-0.15, -0.1) is 0 Å². The molecule has 0 aliphatic heterocycles. The summed E-state index contributed by atoms with van der Waals surface area (Å²) in [6, 6.07) is 26.8. The normalized spacial score (nSPS) is 10.9. The molecule has 8 heteroatoms. The van der Waals surface area contributed by atoms with E-state index in [1.165, 1.54) is 24.3 Å². The Balaban J connectivity index is 1.60. The van der Waals surface area contributed by atoms with Crippen LogP contribution in [0.1, 0.15) is 0 Å². The van der Waals surface area contributed by atoms with Crippen molar-refractivity contribution in [3.8, 4) is 11.5 Å². The quantitative estimate of drug-likeness (QED) is 0.198. The van der Waals surface area contributed by atoms with Gasteiger partial charge in [0, 0.05) is 29.2 Å². The van der Waals surface area contributed by atoms with Crippen LogP contribution in [0.5, 0.6) is 11.5 Å². The van der Waals surface area contributed by atoms with E-state index in [1.807, 2.05) is 17.0 Å². The number of nitro benzene ring substituents is 1. The second kappa shape index (κ2) is 8.97. The number of non-ortho nitro benzene ring substituents is 1. The maximum absolute atomic E-state index is 10.7. The lowest BCUT2D eigenvalue weighted by Crippen LogP contribution is -2.09. The van der Waals surface area contributed by atoms with Crippen molar-refractivity contribution in [2.45, 2.75) is 0 Å². The van der Waals surface area contributed by atoms with Gasteiger partial charge in [0.2, 0.25) is 0 Å². The van der Waals surface area contributed by atoms with E-state index in [-0.39, 0.29) is 17.2 Å². The zero-order chi connectivity index (χ0) is 22.5. The van der Waals surface area contributed by atoms with Crippen LogP contribution in [-0.4, -0.2) is 15.1 Å². The van der Waals surface area contributed by atoms with Gasteiger partial charge in [0.15, 0.2) is 0 Å². The molecule has 0 bridgehead atoms. The lowest BCUT2D eigenvalue weighted by Gasteiger charge is -2.25. The van der Waals surface area contributed by atoms with Gasteiger partial charge in [0.05, 0.1) is 16.3 Å². The number of aromatic hydroxyl groups is 2. The maximum atomic E-state index is 10.7. The molecule has 0 atom stereocenters. The van der Waals surface area contributed by atoms with Crippen molar-refractivity contribution in [3.05, 3.63) is 107 Å². The van der Waals surface area contributed by atoms with Crippen LogP contribution in [-0.2, 0) is 0 Å². The second-order valence-corrected chi connectivity index (χ2v) is 6.86. The SMILES string of the molecule is O=[N+]([O-])c1ccc(N=Nc2ccc(N(c3ccc(O)cc3)c3ccc(O)cc3)cc2)cc1. The highest BCUT2D eigenvalue weighted by Gasteiger charge is 2.12. The van der Waals surface area contributed by atoms with Gasteiger partial charge in [-0.1, -0.05) is 0 Å². The number of nitro groups is 1. The molecule has 0 radical (unpaired) electrons. The topological polar surface area (TPSA) is 112 Å². The van der Waals surface area contributed by atoms with E-state index in [4.69, 9.17) is 0 Å². The molecule has 4 aromatic carbocycles. The number of benzene rings is 4. The summed E-state index contributed by atoms with van der Waals surface area (Å²) >= 11 is 0. The number of anilines is 3. The van der Waals surface area contributed by atoms with Crippen molar-refractivity contribution in [2.24, 2.45) is 10.2 Å². The molecule has 0 heterocycles. The highest BCUT2D eigenvalue weighted by molar-refractivity contribution is 5.77. The van der Waals surface area contributed by atoms with E-state index in [0.717, 1.165) is 17.1 Å². The van der Waals surface area contributed by atoms with Crippen LogP contribution in [0.25, 0.3) is 0 Å². The number of phenolic OH excluding ortho intramolecular Hbond substituents is 2.